The van der Waals surface area contributed by atoms with Crippen LogP contribution in [0.1, 0.15) is 16.1 Å². The van der Waals surface area contributed by atoms with Crippen molar-refractivity contribution in [1.29, 1.82) is 0 Å². The van der Waals surface area contributed by atoms with Gasteiger partial charge in [0.15, 0.2) is 0 Å². The van der Waals surface area contributed by atoms with Gasteiger partial charge in [0.2, 0.25) is 5.88 Å². The molecule has 0 bridgehead atoms. The number of aromatic nitrogens is 1. The number of nitrogens with one attached hydrogen (secondary N) is 1. The zero-order valence-electron chi connectivity index (χ0n) is 10.7. The molecule has 3 rings (SSSR count). The van der Waals surface area contributed by atoms with Crippen LogP contribution in [0.4, 0.5) is 5.69 Å². The van der Waals surface area contributed by atoms with Crippen LogP contribution in [0, 0.1) is 0 Å². The van der Waals surface area contributed by atoms with Gasteiger partial charge in [-0.15, -0.1) is 11.3 Å². The first-order valence-corrected chi connectivity index (χ1v) is 7.24. The van der Waals surface area contributed by atoms with E-state index in [1.165, 1.54) is 11.3 Å². The molecule has 1 aliphatic heterocycles. The summed E-state index contributed by atoms with van der Waals surface area (Å²) < 4.78 is 11.0. The van der Waals surface area contributed by atoms with Crippen molar-refractivity contribution in [3.63, 3.8) is 0 Å². The van der Waals surface area contributed by atoms with E-state index in [-0.39, 0.29) is 12.0 Å². The van der Waals surface area contributed by atoms with Gasteiger partial charge in [0.05, 0.1) is 18.1 Å². The summed E-state index contributed by atoms with van der Waals surface area (Å²) >= 11 is 1.41. The van der Waals surface area contributed by atoms with Crippen LogP contribution in [0.15, 0.2) is 35.8 Å². The standard InChI is InChI=1S/C14H14N2O3S/c17-14(12-2-1-7-20-12)16-10-3-5-15-13(8-10)19-11-4-6-18-9-11/h1-3,5,7-8,11H,4,6,9H2,(H,15,16,17)/t11-/m0/s1. The molecule has 0 spiro atoms. The minimum absolute atomic E-state index is 0.0470. The highest BCUT2D eigenvalue weighted by atomic mass is 32.1. The SMILES string of the molecule is O=C(Nc1ccnc(O[C@H]2CCOC2)c1)c1cccs1. The predicted octanol–water partition coefficient (Wildman–Crippen LogP) is 2.56. The first-order chi connectivity index (χ1) is 9.81. The Morgan fingerprint density at radius 2 is 2.45 bits per heavy atom. The predicted molar refractivity (Wildman–Crippen MR) is 76.4 cm³/mol. The zero-order valence-corrected chi connectivity index (χ0v) is 11.6. The van der Waals surface area contributed by atoms with Crippen LogP contribution < -0.4 is 10.1 Å². The first-order valence-electron chi connectivity index (χ1n) is 6.36. The third-order valence-corrected chi connectivity index (χ3v) is 3.78. The highest BCUT2D eigenvalue weighted by Crippen LogP contribution is 2.19. The van der Waals surface area contributed by atoms with Gasteiger partial charge in [-0.05, 0) is 17.5 Å². The second-order valence-electron chi connectivity index (χ2n) is 4.42. The van der Waals surface area contributed by atoms with E-state index in [4.69, 9.17) is 9.47 Å². The highest BCUT2D eigenvalue weighted by Gasteiger charge is 2.18. The van der Waals surface area contributed by atoms with Crippen LogP contribution in [0.2, 0.25) is 0 Å². The summed E-state index contributed by atoms with van der Waals surface area (Å²) in [7, 11) is 0. The zero-order chi connectivity index (χ0) is 13.8. The minimum atomic E-state index is -0.124. The van der Waals surface area contributed by atoms with Crippen molar-refractivity contribution in [3.05, 3.63) is 40.7 Å². The molecule has 0 radical (unpaired) electrons. The Labute approximate surface area is 120 Å². The molecule has 104 valence electrons. The first kappa shape index (κ1) is 13.1. The maximum absolute atomic E-state index is 11.9. The van der Waals surface area contributed by atoms with Crippen molar-refractivity contribution < 1.29 is 14.3 Å². The number of hydrogen-bond donors (Lipinski definition) is 1. The van der Waals surface area contributed by atoms with E-state index in [1.807, 2.05) is 11.4 Å². The quantitative estimate of drug-likeness (QED) is 0.940. The van der Waals surface area contributed by atoms with Crippen LogP contribution in [-0.4, -0.2) is 30.2 Å². The maximum atomic E-state index is 11.9. The van der Waals surface area contributed by atoms with Crippen LogP contribution in [0.3, 0.4) is 0 Å². The molecule has 2 aromatic rings. The number of ether oxygens (including phenoxy) is 2. The van der Waals surface area contributed by atoms with Gasteiger partial charge in [0.25, 0.3) is 5.91 Å². The normalized spacial score (nSPS) is 17.9. The van der Waals surface area contributed by atoms with Crippen molar-refractivity contribution in [2.45, 2.75) is 12.5 Å². The number of thiophene rings is 1. The number of pyridine rings is 1. The number of anilines is 1. The molecule has 3 heterocycles. The van der Waals surface area contributed by atoms with Crippen molar-refractivity contribution in [1.82, 2.24) is 4.98 Å². The molecule has 1 N–H and O–H groups in total. The van der Waals surface area contributed by atoms with Crippen LogP contribution in [-0.2, 0) is 4.74 Å². The molecule has 6 heteroatoms. The van der Waals surface area contributed by atoms with E-state index in [0.29, 0.717) is 23.1 Å². The highest BCUT2D eigenvalue weighted by molar-refractivity contribution is 7.12. The van der Waals surface area contributed by atoms with E-state index in [2.05, 4.69) is 10.3 Å². The third-order valence-electron chi connectivity index (χ3n) is 2.91. The maximum Gasteiger partial charge on any atom is 0.265 e. The van der Waals surface area contributed by atoms with Crippen molar-refractivity contribution in [3.8, 4) is 5.88 Å². The molecule has 1 fully saturated rings. The summed E-state index contributed by atoms with van der Waals surface area (Å²) in [6.45, 7) is 1.31. The molecule has 0 aliphatic carbocycles. The van der Waals surface area contributed by atoms with Gasteiger partial charge in [-0.2, -0.15) is 0 Å². The van der Waals surface area contributed by atoms with Gasteiger partial charge in [-0.1, -0.05) is 6.07 Å². The average molecular weight is 290 g/mol. The molecule has 1 atom stereocenters. The average Bonchev–Trinajstić information content (AvgIpc) is 3.12. The number of rotatable bonds is 4. The van der Waals surface area contributed by atoms with Crippen LogP contribution in [0.25, 0.3) is 0 Å². The van der Waals surface area contributed by atoms with Gasteiger partial charge in [-0.3, -0.25) is 4.79 Å². The lowest BCUT2D eigenvalue weighted by Crippen LogP contribution is -2.17. The summed E-state index contributed by atoms with van der Waals surface area (Å²) in [4.78, 5) is 16.8. The summed E-state index contributed by atoms with van der Waals surface area (Å²) in [5.41, 5.74) is 0.673. The van der Waals surface area contributed by atoms with Crippen molar-refractivity contribution >= 4 is 22.9 Å². The summed E-state index contributed by atoms with van der Waals surface area (Å²) in [6, 6.07) is 7.10. The lowest BCUT2D eigenvalue weighted by molar-refractivity contribution is 0.103. The van der Waals surface area contributed by atoms with Crippen LogP contribution in [0.5, 0.6) is 5.88 Å². The molecular weight excluding hydrogens is 276 g/mol. The minimum Gasteiger partial charge on any atom is -0.472 e. The van der Waals surface area contributed by atoms with Gasteiger partial charge < -0.3 is 14.8 Å². The largest absolute Gasteiger partial charge is 0.472 e. The second kappa shape index (κ2) is 6.02. The number of nitrogens with zero attached hydrogens (tertiary/aromatic N) is 1. The monoisotopic (exact) mass is 290 g/mol. The fraction of sp³-hybridized carbons (Fsp3) is 0.286. The van der Waals surface area contributed by atoms with Crippen LogP contribution >= 0.6 is 11.3 Å². The Morgan fingerprint density at radius 3 is 3.20 bits per heavy atom. The fourth-order valence-corrected chi connectivity index (χ4v) is 2.55. The molecule has 0 aromatic carbocycles. The Balaban J connectivity index is 1.66. The molecule has 20 heavy (non-hydrogen) atoms. The topological polar surface area (TPSA) is 60.5 Å². The Kier molecular flexibility index (Phi) is 3.94. The second-order valence-corrected chi connectivity index (χ2v) is 5.37. The van der Waals surface area contributed by atoms with Crippen molar-refractivity contribution in [2.75, 3.05) is 18.5 Å². The lowest BCUT2D eigenvalue weighted by Gasteiger charge is -2.11. The Bertz CT molecular complexity index is 580. The van der Waals surface area contributed by atoms with E-state index >= 15 is 0 Å². The van der Waals surface area contributed by atoms with E-state index < -0.39 is 0 Å². The summed E-state index contributed by atoms with van der Waals surface area (Å²) in [5.74, 6) is 0.380. The Morgan fingerprint density at radius 1 is 1.50 bits per heavy atom. The van der Waals surface area contributed by atoms with Gasteiger partial charge in [-0.25, -0.2) is 4.98 Å². The molecule has 1 amide bonds. The molecular formula is C14H14N2O3S. The number of hydrogen-bond acceptors (Lipinski definition) is 5. The smallest absolute Gasteiger partial charge is 0.265 e. The molecule has 2 aromatic heterocycles. The lowest BCUT2D eigenvalue weighted by atomic mass is 10.3. The number of carbonyl (C=O) groups excluding carboxylic acids is 1. The van der Waals surface area contributed by atoms with E-state index in [0.717, 1.165) is 13.0 Å². The third kappa shape index (κ3) is 3.15. The molecule has 1 saturated heterocycles. The fourth-order valence-electron chi connectivity index (χ4n) is 1.93. The van der Waals surface area contributed by atoms with Gasteiger partial charge >= 0.3 is 0 Å². The molecule has 0 saturated carbocycles. The van der Waals surface area contributed by atoms with Gasteiger partial charge in [0.1, 0.15) is 6.10 Å². The Hall–Kier alpha value is -1.92. The number of carbonyl (C=O) groups is 1. The van der Waals surface area contributed by atoms with E-state index in [1.54, 1.807) is 24.4 Å². The van der Waals surface area contributed by atoms with Gasteiger partial charge in [0, 0.05) is 24.4 Å². The summed E-state index contributed by atoms with van der Waals surface area (Å²) in [5, 5.41) is 4.70. The number of amides is 1. The molecule has 1 aliphatic rings. The summed E-state index contributed by atoms with van der Waals surface area (Å²) in [6.07, 6.45) is 2.54. The van der Waals surface area contributed by atoms with E-state index in [9.17, 15) is 4.79 Å². The molecule has 0 unspecified atom stereocenters. The molecule has 5 nitrogen and oxygen atoms in total. The van der Waals surface area contributed by atoms with Crippen molar-refractivity contribution in [2.24, 2.45) is 0 Å².